The lowest BCUT2D eigenvalue weighted by atomic mass is 9.96. The standard InChI is InChI=1S/C20H27F2N3O5S/c1-2-30-20(27)24-9-7-16(8-10-24)23-19(26)14-5-11-25(12-6-14)31(28,29)18-13-15(21)3-4-17(18)22/h3-4,13-14,16H,2,5-12H2,1H3,(H,23,26). The second kappa shape index (κ2) is 9.90. The van der Waals surface area contributed by atoms with Crippen LogP contribution < -0.4 is 5.32 Å². The van der Waals surface area contributed by atoms with E-state index in [-0.39, 0.29) is 37.0 Å². The number of sulfonamides is 1. The predicted molar refractivity (Wildman–Crippen MR) is 108 cm³/mol. The van der Waals surface area contributed by atoms with Crippen LogP contribution in [0, 0.1) is 17.6 Å². The van der Waals surface area contributed by atoms with Crippen LogP contribution in [0.1, 0.15) is 32.6 Å². The number of hydrogen-bond acceptors (Lipinski definition) is 5. The number of halogens is 2. The molecule has 1 N–H and O–H groups in total. The summed E-state index contributed by atoms with van der Waals surface area (Å²) in [6.45, 7) is 3.17. The number of piperidine rings is 2. The molecule has 2 heterocycles. The summed E-state index contributed by atoms with van der Waals surface area (Å²) in [5.74, 6) is -2.34. The highest BCUT2D eigenvalue weighted by molar-refractivity contribution is 7.89. The van der Waals surface area contributed by atoms with Gasteiger partial charge in [-0.05, 0) is 50.8 Å². The molecule has 0 unspecified atom stereocenters. The highest BCUT2D eigenvalue weighted by atomic mass is 32.2. The third-order valence-electron chi connectivity index (χ3n) is 5.70. The molecule has 31 heavy (non-hydrogen) atoms. The lowest BCUT2D eigenvalue weighted by Crippen LogP contribution is -2.49. The number of rotatable bonds is 5. The zero-order chi connectivity index (χ0) is 22.6. The average molecular weight is 460 g/mol. The van der Waals surface area contributed by atoms with Crippen LogP contribution in [0.4, 0.5) is 13.6 Å². The third-order valence-corrected chi connectivity index (χ3v) is 7.62. The Kier molecular flexibility index (Phi) is 7.47. The molecule has 0 spiro atoms. The van der Waals surface area contributed by atoms with Crippen LogP contribution in [0.25, 0.3) is 0 Å². The molecule has 3 rings (SSSR count). The van der Waals surface area contributed by atoms with Gasteiger partial charge in [-0.15, -0.1) is 0 Å². The molecule has 1 aromatic rings. The lowest BCUT2D eigenvalue weighted by molar-refractivity contribution is -0.127. The van der Waals surface area contributed by atoms with Crippen molar-refractivity contribution in [3.8, 4) is 0 Å². The van der Waals surface area contributed by atoms with Crippen LogP contribution in [-0.4, -0.2) is 68.5 Å². The van der Waals surface area contributed by atoms with Crippen molar-refractivity contribution in [3.05, 3.63) is 29.8 Å². The van der Waals surface area contributed by atoms with Crippen LogP contribution in [-0.2, 0) is 19.6 Å². The van der Waals surface area contributed by atoms with Crippen LogP contribution in [0.3, 0.4) is 0 Å². The molecule has 0 saturated carbocycles. The number of likely N-dealkylation sites (tertiary alicyclic amines) is 1. The summed E-state index contributed by atoms with van der Waals surface area (Å²) in [5, 5.41) is 2.99. The molecular formula is C20H27F2N3O5S. The van der Waals surface area contributed by atoms with Crippen LogP contribution in [0.5, 0.6) is 0 Å². The Morgan fingerprint density at radius 1 is 1.10 bits per heavy atom. The van der Waals surface area contributed by atoms with E-state index in [1.54, 1.807) is 11.8 Å². The number of amides is 2. The monoisotopic (exact) mass is 459 g/mol. The van der Waals surface area contributed by atoms with Crippen LogP contribution >= 0.6 is 0 Å². The Labute approximate surface area is 180 Å². The molecule has 172 valence electrons. The summed E-state index contributed by atoms with van der Waals surface area (Å²) in [6, 6.07) is 2.27. The Morgan fingerprint density at radius 2 is 1.74 bits per heavy atom. The Hall–Kier alpha value is -2.27. The fraction of sp³-hybridized carbons (Fsp3) is 0.600. The largest absolute Gasteiger partial charge is 0.450 e. The number of carbonyl (C=O) groups excluding carboxylic acids is 2. The van der Waals surface area contributed by atoms with Crippen molar-refractivity contribution in [3.63, 3.8) is 0 Å². The van der Waals surface area contributed by atoms with E-state index in [9.17, 15) is 26.8 Å². The van der Waals surface area contributed by atoms with Crippen molar-refractivity contribution in [1.29, 1.82) is 0 Å². The van der Waals surface area contributed by atoms with E-state index >= 15 is 0 Å². The summed E-state index contributed by atoms with van der Waals surface area (Å²) in [4.78, 5) is 25.3. The van der Waals surface area contributed by atoms with Gasteiger partial charge in [-0.25, -0.2) is 22.0 Å². The van der Waals surface area contributed by atoms with E-state index in [1.807, 2.05) is 0 Å². The maximum Gasteiger partial charge on any atom is 0.409 e. The Morgan fingerprint density at radius 3 is 2.35 bits per heavy atom. The van der Waals surface area contributed by atoms with Gasteiger partial charge in [0.2, 0.25) is 15.9 Å². The molecule has 2 amide bonds. The first-order chi connectivity index (χ1) is 14.7. The van der Waals surface area contributed by atoms with Crippen molar-refractivity contribution in [2.75, 3.05) is 32.8 Å². The molecule has 0 aliphatic carbocycles. The van der Waals surface area contributed by atoms with Crippen molar-refractivity contribution >= 4 is 22.0 Å². The number of hydrogen-bond donors (Lipinski definition) is 1. The predicted octanol–water partition coefficient (Wildman–Crippen LogP) is 2.10. The zero-order valence-corrected chi connectivity index (χ0v) is 18.2. The average Bonchev–Trinajstić information content (AvgIpc) is 2.76. The number of benzene rings is 1. The molecule has 0 bridgehead atoms. The first-order valence-electron chi connectivity index (χ1n) is 10.4. The van der Waals surface area contributed by atoms with Crippen LogP contribution in [0.15, 0.2) is 23.1 Å². The van der Waals surface area contributed by atoms with E-state index in [2.05, 4.69) is 5.32 Å². The minimum atomic E-state index is -4.17. The summed E-state index contributed by atoms with van der Waals surface area (Å²) >= 11 is 0. The normalized spacial score (nSPS) is 19.3. The first-order valence-corrected chi connectivity index (χ1v) is 11.8. The SMILES string of the molecule is CCOC(=O)N1CCC(NC(=O)C2CCN(S(=O)(=O)c3cc(F)ccc3F)CC2)CC1. The van der Waals surface area contributed by atoms with Gasteiger partial charge in [0.25, 0.3) is 0 Å². The molecule has 0 atom stereocenters. The minimum Gasteiger partial charge on any atom is -0.450 e. The number of nitrogens with zero attached hydrogens (tertiary/aromatic N) is 2. The topological polar surface area (TPSA) is 96.0 Å². The van der Waals surface area contributed by atoms with Gasteiger partial charge >= 0.3 is 6.09 Å². The number of carbonyl (C=O) groups is 2. The van der Waals surface area contributed by atoms with Gasteiger partial charge in [0.15, 0.2) is 0 Å². The van der Waals surface area contributed by atoms with Crippen LogP contribution in [0.2, 0.25) is 0 Å². The van der Waals surface area contributed by atoms with Crippen molar-refractivity contribution in [2.24, 2.45) is 5.92 Å². The highest BCUT2D eigenvalue weighted by Gasteiger charge is 2.34. The smallest absolute Gasteiger partial charge is 0.409 e. The maximum atomic E-state index is 13.9. The zero-order valence-electron chi connectivity index (χ0n) is 17.4. The van der Waals surface area contributed by atoms with Crippen molar-refractivity contribution < 1.29 is 31.5 Å². The van der Waals surface area contributed by atoms with E-state index in [4.69, 9.17) is 4.74 Å². The van der Waals surface area contributed by atoms with Gasteiger partial charge < -0.3 is 15.0 Å². The second-order valence-electron chi connectivity index (χ2n) is 7.72. The second-order valence-corrected chi connectivity index (χ2v) is 9.63. The summed E-state index contributed by atoms with van der Waals surface area (Å²) in [5.41, 5.74) is 0. The fourth-order valence-corrected chi connectivity index (χ4v) is 5.46. The number of ether oxygens (including phenoxy) is 1. The van der Waals surface area contributed by atoms with E-state index < -0.39 is 26.6 Å². The lowest BCUT2D eigenvalue weighted by Gasteiger charge is -2.34. The molecule has 0 radical (unpaired) electrons. The molecular weight excluding hydrogens is 432 g/mol. The van der Waals surface area contributed by atoms with E-state index in [0.29, 0.717) is 51.4 Å². The quantitative estimate of drug-likeness (QED) is 0.728. The molecule has 8 nitrogen and oxygen atoms in total. The van der Waals surface area contributed by atoms with E-state index in [0.717, 1.165) is 16.4 Å². The minimum absolute atomic E-state index is 0.0533. The maximum absolute atomic E-state index is 13.9. The molecule has 11 heteroatoms. The Bertz CT molecular complexity index is 911. The van der Waals surface area contributed by atoms with Crippen molar-refractivity contribution in [2.45, 2.75) is 43.5 Å². The van der Waals surface area contributed by atoms with Gasteiger partial charge in [0.05, 0.1) is 6.61 Å². The van der Waals surface area contributed by atoms with Gasteiger partial charge in [0, 0.05) is 38.1 Å². The molecule has 1 aromatic carbocycles. The first kappa shape index (κ1) is 23.4. The van der Waals surface area contributed by atoms with Gasteiger partial charge in [-0.1, -0.05) is 0 Å². The summed E-state index contributed by atoms with van der Waals surface area (Å²) in [7, 11) is -4.17. The highest BCUT2D eigenvalue weighted by Crippen LogP contribution is 2.26. The molecule has 0 aromatic heterocycles. The number of nitrogens with one attached hydrogen (secondary N) is 1. The molecule has 2 aliphatic rings. The molecule has 2 saturated heterocycles. The molecule has 2 fully saturated rings. The third kappa shape index (κ3) is 5.51. The summed E-state index contributed by atoms with van der Waals surface area (Å²) in [6.07, 6.45) is 1.48. The summed E-state index contributed by atoms with van der Waals surface area (Å²) < 4.78 is 58.7. The van der Waals surface area contributed by atoms with E-state index in [1.165, 1.54) is 0 Å². The molecule has 2 aliphatic heterocycles. The van der Waals surface area contributed by atoms with Crippen molar-refractivity contribution in [1.82, 2.24) is 14.5 Å². The Balaban J connectivity index is 1.50. The van der Waals surface area contributed by atoms with Gasteiger partial charge in [0.1, 0.15) is 16.5 Å². The van der Waals surface area contributed by atoms with Gasteiger partial charge in [-0.2, -0.15) is 4.31 Å². The fourth-order valence-electron chi connectivity index (χ4n) is 3.91. The van der Waals surface area contributed by atoms with Gasteiger partial charge in [-0.3, -0.25) is 4.79 Å².